The first kappa shape index (κ1) is 25.5. The van der Waals surface area contributed by atoms with Gasteiger partial charge in [0, 0.05) is 51.6 Å². The van der Waals surface area contributed by atoms with Gasteiger partial charge in [-0.1, -0.05) is 25.5 Å². The van der Waals surface area contributed by atoms with E-state index in [1.165, 1.54) is 5.57 Å². The van der Waals surface area contributed by atoms with Crippen molar-refractivity contribution < 1.29 is 14.4 Å². The molecule has 2 aliphatic rings. The zero-order valence-corrected chi connectivity index (χ0v) is 20.7. The molecule has 3 amide bonds. The Morgan fingerprint density at radius 2 is 1.71 bits per heavy atom. The van der Waals surface area contributed by atoms with E-state index in [1.54, 1.807) is 36.1 Å². The lowest BCUT2D eigenvalue weighted by molar-refractivity contribution is -0.139. The van der Waals surface area contributed by atoms with E-state index in [4.69, 9.17) is 5.26 Å². The zero-order valence-electron chi connectivity index (χ0n) is 20.7. The molecule has 3 rings (SSSR count). The van der Waals surface area contributed by atoms with Crippen molar-refractivity contribution in [1.82, 2.24) is 15.1 Å². The summed E-state index contributed by atoms with van der Waals surface area (Å²) in [6.07, 6.45) is 3.67. The van der Waals surface area contributed by atoms with E-state index < -0.39 is 0 Å². The summed E-state index contributed by atoms with van der Waals surface area (Å²) in [5.41, 5.74) is 2.29. The summed E-state index contributed by atoms with van der Waals surface area (Å²) >= 11 is 0. The van der Waals surface area contributed by atoms with Gasteiger partial charge in [-0.3, -0.25) is 14.4 Å². The molecule has 3 unspecified atom stereocenters. The maximum absolute atomic E-state index is 13.0. The quantitative estimate of drug-likeness (QED) is 0.654. The van der Waals surface area contributed by atoms with Gasteiger partial charge in [0.05, 0.1) is 11.6 Å². The molecule has 1 heterocycles. The predicted molar refractivity (Wildman–Crippen MR) is 131 cm³/mol. The highest BCUT2D eigenvalue weighted by Crippen LogP contribution is 2.39. The molecule has 1 aliphatic carbocycles. The largest absolute Gasteiger partial charge is 0.351 e. The monoisotopic (exact) mass is 464 g/mol. The smallest absolute Gasteiger partial charge is 0.251 e. The van der Waals surface area contributed by atoms with Crippen LogP contribution in [0.25, 0.3) is 0 Å². The average Bonchev–Trinajstić information content (AvgIpc) is 2.83. The van der Waals surface area contributed by atoms with E-state index in [0.29, 0.717) is 62.1 Å². The number of carbonyl (C=O) groups excluding carboxylic acids is 3. The summed E-state index contributed by atoms with van der Waals surface area (Å²) in [5.74, 6) is 1.31. The highest BCUT2D eigenvalue weighted by molar-refractivity contribution is 5.94. The van der Waals surface area contributed by atoms with Crippen molar-refractivity contribution in [3.05, 3.63) is 47.0 Å². The summed E-state index contributed by atoms with van der Waals surface area (Å²) < 4.78 is 0. The van der Waals surface area contributed by atoms with Gasteiger partial charge in [0.2, 0.25) is 11.8 Å². The van der Waals surface area contributed by atoms with Crippen molar-refractivity contribution in [1.29, 1.82) is 5.26 Å². The molecule has 1 aliphatic heterocycles. The topological polar surface area (TPSA) is 93.5 Å². The number of hydrogen-bond acceptors (Lipinski definition) is 4. The number of nitrogens with zero attached hydrogens (tertiary/aromatic N) is 3. The van der Waals surface area contributed by atoms with Crippen LogP contribution in [0.4, 0.5) is 0 Å². The van der Waals surface area contributed by atoms with E-state index in [0.717, 1.165) is 6.42 Å². The molecule has 0 spiro atoms. The molecule has 0 radical (unpaired) electrons. The van der Waals surface area contributed by atoms with Gasteiger partial charge in [-0.2, -0.15) is 5.26 Å². The van der Waals surface area contributed by atoms with Crippen LogP contribution in [0, 0.1) is 35.0 Å². The fraction of sp³-hybridized carbons (Fsp3) is 0.556. The Bertz CT molecular complexity index is 969. The van der Waals surface area contributed by atoms with Crippen LogP contribution in [0.15, 0.2) is 35.9 Å². The van der Waals surface area contributed by atoms with Gasteiger partial charge in [0.15, 0.2) is 0 Å². The van der Waals surface area contributed by atoms with Gasteiger partial charge >= 0.3 is 0 Å². The molecule has 1 aromatic carbocycles. The van der Waals surface area contributed by atoms with Gasteiger partial charge in [-0.15, -0.1) is 0 Å². The molecule has 7 heteroatoms. The Balaban J connectivity index is 1.59. The normalized spacial score (nSPS) is 22.7. The Morgan fingerprint density at radius 3 is 2.26 bits per heavy atom. The van der Waals surface area contributed by atoms with Crippen molar-refractivity contribution in [3.63, 3.8) is 0 Å². The number of hydrogen-bond donors (Lipinski definition) is 1. The fourth-order valence-corrected chi connectivity index (χ4v) is 5.13. The predicted octanol–water partition coefficient (Wildman–Crippen LogP) is 3.22. The minimum Gasteiger partial charge on any atom is -0.351 e. The van der Waals surface area contributed by atoms with Gasteiger partial charge in [-0.25, -0.2) is 0 Å². The molecule has 1 saturated heterocycles. The van der Waals surface area contributed by atoms with Crippen LogP contribution in [-0.4, -0.2) is 60.2 Å². The summed E-state index contributed by atoms with van der Waals surface area (Å²) in [6, 6.07) is 8.71. The molecular weight excluding hydrogens is 428 g/mol. The van der Waals surface area contributed by atoms with Crippen LogP contribution in [-0.2, 0) is 9.59 Å². The zero-order chi connectivity index (χ0) is 24.8. The van der Waals surface area contributed by atoms with Gasteiger partial charge in [0.1, 0.15) is 0 Å². The molecule has 0 bridgehead atoms. The van der Waals surface area contributed by atoms with E-state index >= 15 is 0 Å². The maximum Gasteiger partial charge on any atom is 0.251 e. The first-order valence-corrected chi connectivity index (χ1v) is 12.2. The van der Waals surface area contributed by atoms with Crippen molar-refractivity contribution in [2.75, 3.05) is 32.7 Å². The molecule has 7 nitrogen and oxygen atoms in total. The Kier molecular flexibility index (Phi) is 8.49. The molecule has 0 saturated carbocycles. The maximum atomic E-state index is 13.0. The second kappa shape index (κ2) is 11.3. The molecule has 1 aromatic rings. The van der Waals surface area contributed by atoms with Crippen LogP contribution in [0.3, 0.4) is 0 Å². The average molecular weight is 465 g/mol. The van der Waals surface area contributed by atoms with Gasteiger partial charge in [-0.05, 0) is 61.3 Å². The van der Waals surface area contributed by atoms with Crippen LogP contribution in [0.1, 0.15) is 56.5 Å². The van der Waals surface area contributed by atoms with Crippen LogP contribution >= 0.6 is 0 Å². The number of amides is 3. The van der Waals surface area contributed by atoms with Crippen LogP contribution in [0.2, 0.25) is 0 Å². The summed E-state index contributed by atoms with van der Waals surface area (Å²) in [7, 11) is 0. The number of piperazine rings is 1. The Morgan fingerprint density at radius 1 is 1.09 bits per heavy atom. The second-order valence-electron chi connectivity index (χ2n) is 9.91. The minimum absolute atomic E-state index is 0.0650. The molecule has 1 N–H and O–H groups in total. The first-order chi connectivity index (χ1) is 16.2. The lowest BCUT2D eigenvalue weighted by Gasteiger charge is -2.39. The summed E-state index contributed by atoms with van der Waals surface area (Å²) in [5, 5.41) is 12.0. The number of allylic oxidation sites excluding steroid dienone is 1. The molecule has 0 aromatic heterocycles. The van der Waals surface area contributed by atoms with E-state index in [-0.39, 0.29) is 29.6 Å². The molecule has 1 fully saturated rings. The van der Waals surface area contributed by atoms with E-state index in [9.17, 15) is 14.4 Å². The number of nitrogens with one attached hydrogen (secondary N) is 1. The molecular formula is C27H36N4O3. The second-order valence-corrected chi connectivity index (χ2v) is 9.91. The van der Waals surface area contributed by atoms with Crippen molar-refractivity contribution >= 4 is 17.7 Å². The standard InChI is InChI=1S/C27H36N4O3/c1-18(2)25-14-23(15-26(33)31-11-9-30(10-12-31)20(4)32)19(3)13-24(25)17-29-27(34)22-7-5-21(16-28)6-8-22/h5-8,13,18,23-25H,9-12,14-15,17H2,1-4H3,(H,29,34). The SMILES string of the molecule is CC(=O)N1CCN(C(=O)CC2CC(C(C)C)C(CNC(=O)c3ccc(C#N)cc3)C=C2C)CC1. The van der Waals surface area contributed by atoms with Crippen molar-refractivity contribution in [2.24, 2.45) is 23.7 Å². The Labute approximate surface area is 202 Å². The number of benzene rings is 1. The van der Waals surface area contributed by atoms with Crippen LogP contribution < -0.4 is 5.32 Å². The van der Waals surface area contributed by atoms with Gasteiger partial charge < -0.3 is 15.1 Å². The molecule has 182 valence electrons. The number of carbonyl (C=O) groups is 3. The highest BCUT2D eigenvalue weighted by atomic mass is 16.2. The third-order valence-electron chi connectivity index (χ3n) is 7.36. The Hall–Kier alpha value is -3.14. The fourth-order valence-electron chi connectivity index (χ4n) is 5.13. The molecule has 3 atom stereocenters. The van der Waals surface area contributed by atoms with Crippen molar-refractivity contribution in [2.45, 2.75) is 40.5 Å². The number of rotatable bonds is 6. The minimum atomic E-state index is -0.139. The lowest BCUT2D eigenvalue weighted by atomic mass is 9.69. The summed E-state index contributed by atoms with van der Waals surface area (Å²) in [4.78, 5) is 40.8. The first-order valence-electron chi connectivity index (χ1n) is 12.2. The lowest BCUT2D eigenvalue weighted by Crippen LogP contribution is -2.50. The van der Waals surface area contributed by atoms with E-state index in [1.807, 2.05) is 4.90 Å². The van der Waals surface area contributed by atoms with Gasteiger partial charge in [0.25, 0.3) is 5.91 Å². The third-order valence-corrected chi connectivity index (χ3v) is 7.36. The van der Waals surface area contributed by atoms with Crippen LogP contribution in [0.5, 0.6) is 0 Å². The summed E-state index contributed by atoms with van der Waals surface area (Å²) in [6.45, 7) is 11.0. The highest BCUT2D eigenvalue weighted by Gasteiger charge is 2.34. The number of nitriles is 1. The third kappa shape index (κ3) is 6.25. The van der Waals surface area contributed by atoms with E-state index in [2.05, 4.69) is 38.2 Å². The molecule has 34 heavy (non-hydrogen) atoms. The van der Waals surface area contributed by atoms with Crippen molar-refractivity contribution in [3.8, 4) is 6.07 Å².